The Hall–Kier alpha value is -3.58. The summed E-state index contributed by atoms with van der Waals surface area (Å²) in [5, 5.41) is 5.19. The van der Waals surface area contributed by atoms with E-state index >= 15 is 0 Å². The number of hydrogen-bond acceptors (Lipinski definition) is 1. The second kappa shape index (κ2) is 7.35. The van der Waals surface area contributed by atoms with E-state index in [1.54, 1.807) is 0 Å². The zero-order valence-corrected chi connectivity index (χ0v) is 17.7. The Morgan fingerprint density at radius 2 is 1.10 bits per heavy atom. The first-order chi connectivity index (χ1) is 14.6. The Labute approximate surface area is 178 Å². The van der Waals surface area contributed by atoms with Crippen LogP contribution in [-0.2, 0) is 0 Å². The molecular formula is C29H25N. The highest BCUT2D eigenvalue weighted by Gasteiger charge is 2.17. The van der Waals surface area contributed by atoms with Gasteiger partial charge in [0.05, 0.1) is 5.69 Å². The molecule has 5 aromatic carbocycles. The number of nitrogens with zero attached hydrogens (tertiary/aromatic N) is 1. The molecule has 0 aliphatic rings. The molecule has 0 heterocycles. The van der Waals surface area contributed by atoms with Crippen LogP contribution >= 0.6 is 0 Å². The molecule has 0 aliphatic carbocycles. The van der Waals surface area contributed by atoms with Gasteiger partial charge >= 0.3 is 0 Å². The van der Waals surface area contributed by atoms with Crippen molar-refractivity contribution in [3.8, 4) is 0 Å². The first-order valence-electron chi connectivity index (χ1n) is 10.5. The third kappa shape index (κ3) is 3.13. The molecule has 0 aromatic heterocycles. The lowest BCUT2D eigenvalue weighted by molar-refractivity contribution is 1.28. The highest BCUT2D eigenvalue weighted by Crippen LogP contribution is 2.41. The zero-order chi connectivity index (χ0) is 20.7. The van der Waals surface area contributed by atoms with Crippen molar-refractivity contribution in [1.82, 2.24) is 0 Å². The van der Waals surface area contributed by atoms with E-state index < -0.39 is 0 Å². The number of hydrogen-bond donors (Lipinski definition) is 0. The van der Waals surface area contributed by atoms with E-state index in [9.17, 15) is 0 Å². The van der Waals surface area contributed by atoms with E-state index in [4.69, 9.17) is 0 Å². The lowest BCUT2D eigenvalue weighted by atomic mass is 9.96. The number of rotatable bonds is 3. The normalized spacial score (nSPS) is 11.2. The average molecular weight is 388 g/mol. The van der Waals surface area contributed by atoms with E-state index in [1.807, 2.05) is 0 Å². The summed E-state index contributed by atoms with van der Waals surface area (Å²) in [6.45, 7) is 6.47. The molecule has 0 atom stereocenters. The summed E-state index contributed by atoms with van der Waals surface area (Å²) in [6, 6.07) is 35.3. The topological polar surface area (TPSA) is 3.24 Å². The zero-order valence-electron chi connectivity index (χ0n) is 17.7. The minimum atomic E-state index is 1.17. The van der Waals surface area contributed by atoms with Crippen LogP contribution in [0.2, 0.25) is 0 Å². The molecule has 0 amide bonds. The third-order valence-electron chi connectivity index (χ3n) is 5.92. The van der Waals surface area contributed by atoms with Gasteiger partial charge in [-0.05, 0) is 72.8 Å². The van der Waals surface area contributed by atoms with Crippen LogP contribution in [-0.4, -0.2) is 0 Å². The molecule has 0 saturated carbocycles. The van der Waals surface area contributed by atoms with E-state index in [0.717, 1.165) is 0 Å². The van der Waals surface area contributed by atoms with E-state index in [2.05, 4.69) is 123 Å². The molecule has 30 heavy (non-hydrogen) atoms. The number of anilines is 3. The monoisotopic (exact) mass is 387 g/mol. The quantitative estimate of drug-likeness (QED) is 0.281. The lowest BCUT2D eigenvalue weighted by Crippen LogP contribution is -2.10. The molecule has 0 saturated heterocycles. The van der Waals surface area contributed by atoms with E-state index in [0.29, 0.717) is 0 Å². The highest BCUT2D eigenvalue weighted by molar-refractivity contribution is 6.14. The Morgan fingerprint density at radius 1 is 0.500 bits per heavy atom. The summed E-state index contributed by atoms with van der Waals surface area (Å²) >= 11 is 0. The molecule has 5 rings (SSSR count). The number of benzene rings is 5. The van der Waals surface area contributed by atoms with Gasteiger partial charge in [-0.3, -0.25) is 0 Å². The van der Waals surface area contributed by atoms with Gasteiger partial charge in [0.2, 0.25) is 0 Å². The summed E-state index contributed by atoms with van der Waals surface area (Å²) in [5.41, 5.74) is 7.38. The second-order valence-electron chi connectivity index (χ2n) is 8.12. The van der Waals surface area contributed by atoms with Gasteiger partial charge in [-0.25, -0.2) is 0 Å². The summed E-state index contributed by atoms with van der Waals surface area (Å²) in [7, 11) is 0. The van der Waals surface area contributed by atoms with Gasteiger partial charge in [-0.2, -0.15) is 0 Å². The van der Waals surface area contributed by atoms with Gasteiger partial charge in [0.15, 0.2) is 0 Å². The minimum absolute atomic E-state index is 1.17. The molecule has 0 bridgehead atoms. The maximum atomic E-state index is 2.37. The Morgan fingerprint density at radius 3 is 1.73 bits per heavy atom. The fourth-order valence-corrected chi connectivity index (χ4v) is 4.30. The molecular weight excluding hydrogens is 362 g/mol. The smallest absolute Gasteiger partial charge is 0.0540 e. The van der Waals surface area contributed by atoms with Crippen LogP contribution in [0.15, 0.2) is 97.1 Å². The molecule has 0 unspecified atom stereocenters. The molecule has 1 heteroatoms. The van der Waals surface area contributed by atoms with Crippen molar-refractivity contribution in [2.24, 2.45) is 0 Å². The van der Waals surface area contributed by atoms with Crippen molar-refractivity contribution in [3.63, 3.8) is 0 Å². The van der Waals surface area contributed by atoms with Gasteiger partial charge in [-0.15, -0.1) is 0 Å². The van der Waals surface area contributed by atoms with Gasteiger partial charge in [0.1, 0.15) is 0 Å². The van der Waals surface area contributed by atoms with Crippen LogP contribution < -0.4 is 4.90 Å². The largest absolute Gasteiger partial charge is 0.310 e. The standard InChI is InChI=1S/C29H25N/c1-20-8-14-24(15-9-20)30(25-16-10-21(2)11-17-25)28-19-12-22(3)29-26-7-5-4-6-23(26)13-18-27(28)29/h4-19H,1-3H3. The minimum Gasteiger partial charge on any atom is -0.310 e. The van der Waals surface area contributed by atoms with Crippen LogP contribution in [0.25, 0.3) is 21.5 Å². The van der Waals surface area contributed by atoms with Crippen LogP contribution in [0.3, 0.4) is 0 Å². The van der Waals surface area contributed by atoms with Crippen LogP contribution in [0.1, 0.15) is 16.7 Å². The fraction of sp³-hybridized carbons (Fsp3) is 0.103. The van der Waals surface area contributed by atoms with Gasteiger partial charge in [-0.1, -0.05) is 77.9 Å². The predicted molar refractivity (Wildman–Crippen MR) is 130 cm³/mol. The summed E-state index contributed by atoms with van der Waals surface area (Å²) < 4.78 is 0. The average Bonchev–Trinajstić information content (AvgIpc) is 2.77. The molecule has 1 nitrogen and oxygen atoms in total. The van der Waals surface area contributed by atoms with Crippen molar-refractivity contribution in [2.75, 3.05) is 4.90 Å². The SMILES string of the molecule is Cc1ccc(N(c2ccc(C)cc2)c2ccc(C)c3c2ccc2ccccc23)cc1. The van der Waals surface area contributed by atoms with E-state index in [1.165, 1.54) is 55.3 Å². The second-order valence-corrected chi connectivity index (χ2v) is 8.12. The Kier molecular flexibility index (Phi) is 4.52. The Balaban J connectivity index is 1.83. The molecule has 0 fully saturated rings. The molecule has 5 aromatic rings. The first kappa shape index (κ1) is 18.4. The maximum absolute atomic E-state index is 2.37. The van der Waals surface area contributed by atoms with Crippen LogP contribution in [0.5, 0.6) is 0 Å². The highest BCUT2D eigenvalue weighted by atomic mass is 15.1. The van der Waals surface area contributed by atoms with Gasteiger partial charge in [0.25, 0.3) is 0 Å². The molecule has 0 spiro atoms. The third-order valence-corrected chi connectivity index (χ3v) is 5.92. The number of fused-ring (bicyclic) bond motifs is 3. The van der Waals surface area contributed by atoms with Crippen LogP contribution in [0, 0.1) is 20.8 Å². The Bertz CT molecular complexity index is 1300. The lowest BCUT2D eigenvalue weighted by Gasteiger charge is -2.28. The molecule has 0 aliphatic heterocycles. The van der Waals surface area contributed by atoms with Crippen molar-refractivity contribution in [1.29, 1.82) is 0 Å². The predicted octanol–water partition coefficient (Wildman–Crippen LogP) is 8.39. The summed E-state index contributed by atoms with van der Waals surface area (Å²) in [5.74, 6) is 0. The molecule has 146 valence electrons. The van der Waals surface area contributed by atoms with Crippen molar-refractivity contribution in [3.05, 3.63) is 114 Å². The fourth-order valence-electron chi connectivity index (χ4n) is 4.30. The van der Waals surface area contributed by atoms with Crippen LogP contribution in [0.4, 0.5) is 17.1 Å². The summed E-state index contributed by atoms with van der Waals surface area (Å²) in [6.07, 6.45) is 0. The summed E-state index contributed by atoms with van der Waals surface area (Å²) in [4.78, 5) is 2.37. The molecule has 0 radical (unpaired) electrons. The van der Waals surface area contributed by atoms with Crippen molar-refractivity contribution < 1.29 is 0 Å². The molecule has 0 N–H and O–H groups in total. The number of aryl methyl sites for hydroxylation is 3. The van der Waals surface area contributed by atoms with Crippen molar-refractivity contribution in [2.45, 2.75) is 20.8 Å². The van der Waals surface area contributed by atoms with Crippen molar-refractivity contribution >= 4 is 38.6 Å². The first-order valence-corrected chi connectivity index (χ1v) is 10.5. The van der Waals surface area contributed by atoms with Gasteiger partial charge in [0, 0.05) is 16.8 Å². The van der Waals surface area contributed by atoms with E-state index in [-0.39, 0.29) is 0 Å². The van der Waals surface area contributed by atoms with Gasteiger partial charge < -0.3 is 4.90 Å². The maximum Gasteiger partial charge on any atom is 0.0540 e.